The zero-order valence-corrected chi connectivity index (χ0v) is 29.7. The first-order valence-electron chi connectivity index (χ1n) is 17.9. The van der Waals surface area contributed by atoms with Gasteiger partial charge in [0.05, 0.1) is 0 Å². The number of furan rings is 1. The molecule has 11 rings (SSSR count). The summed E-state index contributed by atoms with van der Waals surface area (Å²) in [6.45, 7) is 4.68. The molecule has 0 fully saturated rings. The molecule has 1 aliphatic rings. The summed E-state index contributed by atoms with van der Waals surface area (Å²) in [5.74, 6) is 0. The van der Waals surface area contributed by atoms with Gasteiger partial charge in [0.25, 0.3) is 0 Å². The molecule has 52 heavy (non-hydrogen) atoms. The minimum absolute atomic E-state index is 0.0509. The smallest absolute Gasteiger partial charge is 0.135 e. The van der Waals surface area contributed by atoms with Crippen molar-refractivity contribution in [3.8, 4) is 22.3 Å². The second-order valence-corrected chi connectivity index (χ2v) is 15.6. The van der Waals surface area contributed by atoms with Crippen molar-refractivity contribution >= 4 is 81.3 Å². The van der Waals surface area contributed by atoms with E-state index < -0.39 is 0 Å². The van der Waals surface area contributed by atoms with Crippen LogP contribution in [0.25, 0.3) is 75.1 Å². The number of benzene rings is 8. The fourth-order valence-electron chi connectivity index (χ4n) is 8.69. The number of thiophene rings is 1. The highest BCUT2D eigenvalue weighted by atomic mass is 32.1. The summed E-state index contributed by atoms with van der Waals surface area (Å²) in [4.78, 5) is 2.39. The lowest BCUT2D eigenvalue weighted by molar-refractivity contribution is 0.660. The highest BCUT2D eigenvalue weighted by molar-refractivity contribution is 7.26. The quantitative estimate of drug-likeness (QED) is 0.184. The largest absolute Gasteiger partial charge is 0.456 e. The van der Waals surface area contributed by atoms with Crippen LogP contribution in [0.5, 0.6) is 0 Å². The molecule has 1 aliphatic carbocycles. The maximum absolute atomic E-state index is 6.25. The van der Waals surface area contributed by atoms with E-state index in [-0.39, 0.29) is 5.41 Å². The molecule has 0 bridgehead atoms. The molecule has 0 saturated heterocycles. The Kier molecular flexibility index (Phi) is 6.21. The molecule has 2 heterocycles. The molecule has 0 N–H and O–H groups in total. The second kappa shape index (κ2) is 10.9. The number of hydrogen-bond acceptors (Lipinski definition) is 3. The third-order valence-electron chi connectivity index (χ3n) is 11.2. The van der Waals surface area contributed by atoms with Gasteiger partial charge in [-0.2, -0.15) is 0 Å². The van der Waals surface area contributed by atoms with Crippen molar-refractivity contribution in [3.63, 3.8) is 0 Å². The van der Waals surface area contributed by atoms with Crippen LogP contribution in [0.3, 0.4) is 0 Å². The molecule has 10 aromatic rings. The van der Waals surface area contributed by atoms with Crippen molar-refractivity contribution in [2.45, 2.75) is 19.3 Å². The molecule has 0 spiro atoms. The Hall–Kier alpha value is -6.16. The summed E-state index contributed by atoms with van der Waals surface area (Å²) in [7, 11) is 0. The minimum Gasteiger partial charge on any atom is -0.456 e. The van der Waals surface area contributed by atoms with E-state index in [2.05, 4.69) is 170 Å². The molecule has 3 heteroatoms. The Bertz CT molecular complexity index is 3050. The van der Waals surface area contributed by atoms with E-state index in [1.165, 1.54) is 64.3 Å². The van der Waals surface area contributed by atoms with Crippen molar-refractivity contribution in [3.05, 3.63) is 175 Å². The number of rotatable bonds is 4. The van der Waals surface area contributed by atoms with Gasteiger partial charge in [-0.3, -0.25) is 0 Å². The lowest BCUT2D eigenvalue weighted by Crippen LogP contribution is -2.15. The molecule has 0 atom stereocenters. The summed E-state index contributed by atoms with van der Waals surface area (Å²) in [5.41, 5.74) is 12.9. The van der Waals surface area contributed by atoms with Crippen LogP contribution in [0.1, 0.15) is 25.0 Å². The summed E-state index contributed by atoms with van der Waals surface area (Å²) >= 11 is 1.88. The van der Waals surface area contributed by atoms with E-state index in [4.69, 9.17) is 4.42 Å². The van der Waals surface area contributed by atoms with Crippen molar-refractivity contribution in [2.24, 2.45) is 0 Å². The van der Waals surface area contributed by atoms with Crippen molar-refractivity contribution in [1.29, 1.82) is 0 Å². The first kappa shape index (κ1) is 29.6. The van der Waals surface area contributed by atoms with E-state index in [0.29, 0.717) is 0 Å². The number of hydrogen-bond donors (Lipinski definition) is 0. The van der Waals surface area contributed by atoms with E-state index >= 15 is 0 Å². The van der Waals surface area contributed by atoms with Gasteiger partial charge in [0, 0.05) is 53.4 Å². The van der Waals surface area contributed by atoms with Crippen LogP contribution in [-0.2, 0) is 5.41 Å². The van der Waals surface area contributed by atoms with E-state index in [9.17, 15) is 0 Å². The highest BCUT2D eigenvalue weighted by Crippen LogP contribution is 2.51. The van der Waals surface area contributed by atoms with Gasteiger partial charge in [-0.25, -0.2) is 0 Å². The maximum atomic E-state index is 6.25. The molecule has 2 aromatic heterocycles. The van der Waals surface area contributed by atoms with E-state index in [0.717, 1.165) is 39.0 Å². The Morgan fingerprint density at radius 2 is 1.13 bits per heavy atom. The Morgan fingerprint density at radius 3 is 2.02 bits per heavy atom. The zero-order valence-electron chi connectivity index (χ0n) is 28.9. The first-order chi connectivity index (χ1) is 25.5. The third kappa shape index (κ3) is 4.30. The van der Waals surface area contributed by atoms with Crippen molar-refractivity contribution in [1.82, 2.24) is 0 Å². The summed E-state index contributed by atoms with van der Waals surface area (Å²) in [5, 5.41) is 7.46. The zero-order chi connectivity index (χ0) is 34.6. The summed E-state index contributed by atoms with van der Waals surface area (Å²) in [6.07, 6.45) is 0. The average Bonchev–Trinajstić information content (AvgIpc) is 3.81. The third-order valence-corrected chi connectivity index (χ3v) is 12.4. The molecule has 8 aromatic carbocycles. The fourth-order valence-corrected chi connectivity index (χ4v) is 9.85. The predicted octanol–water partition coefficient (Wildman–Crippen LogP) is 14.6. The lowest BCUT2D eigenvalue weighted by atomic mass is 9.82. The summed E-state index contributed by atoms with van der Waals surface area (Å²) in [6, 6.07) is 60.0. The number of fused-ring (bicyclic) bond motifs is 10. The lowest BCUT2D eigenvalue weighted by Gasteiger charge is -2.27. The fraction of sp³-hybridized carbons (Fsp3) is 0.0612. The molecule has 246 valence electrons. The van der Waals surface area contributed by atoms with Gasteiger partial charge < -0.3 is 9.32 Å². The molecular formula is C49H33NOS. The molecule has 0 radical (unpaired) electrons. The number of anilines is 3. The number of nitrogens with zero attached hydrogens (tertiary/aromatic N) is 1. The predicted molar refractivity (Wildman–Crippen MR) is 222 cm³/mol. The van der Waals surface area contributed by atoms with Crippen LogP contribution in [0, 0.1) is 0 Å². The monoisotopic (exact) mass is 683 g/mol. The topological polar surface area (TPSA) is 16.4 Å². The Morgan fingerprint density at radius 1 is 0.462 bits per heavy atom. The van der Waals surface area contributed by atoms with Gasteiger partial charge in [0.2, 0.25) is 0 Å². The molecule has 2 nitrogen and oxygen atoms in total. The van der Waals surface area contributed by atoms with Gasteiger partial charge >= 0.3 is 0 Å². The van der Waals surface area contributed by atoms with Gasteiger partial charge in [-0.05, 0) is 111 Å². The van der Waals surface area contributed by atoms with Crippen LogP contribution in [0.15, 0.2) is 168 Å². The average molecular weight is 684 g/mol. The molecule has 0 saturated carbocycles. The SMILES string of the molecule is CC1(C)c2ccccc2-c2cc(N(c3ccc(-c4cccc5sc6cc7ccccc7cc6c45)cc3)c3ccc4oc5ccccc5c4c3)ccc21. The minimum atomic E-state index is -0.0509. The number of para-hydroxylation sites is 1. The Balaban J connectivity index is 1.09. The van der Waals surface area contributed by atoms with Crippen molar-refractivity contribution < 1.29 is 4.42 Å². The van der Waals surface area contributed by atoms with E-state index in [1.54, 1.807) is 0 Å². The highest BCUT2D eigenvalue weighted by Gasteiger charge is 2.35. The van der Waals surface area contributed by atoms with Gasteiger partial charge in [0.1, 0.15) is 11.2 Å². The van der Waals surface area contributed by atoms with Crippen molar-refractivity contribution in [2.75, 3.05) is 4.90 Å². The van der Waals surface area contributed by atoms with Crippen LogP contribution in [-0.4, -0.2) is 0 Å². The van der Waals surface area contributed by atoms with Gasteiger partial charge in [0.15, 0.2) is 0 Å². The van der Waals surface area contributed by atoms with Crippen LogP contribution < -0.4 is 4.90 Å². The van der Waals surface area contributed by atoms with E-state index in [1.807, 2.05) is 23.5 Å². The molecular weight excluding hydrogens is 651 g/mol. The van der Waals surface area contributed by atoms with Crippen LogP contribution in [0.4, 0.5) is 17.1 Å². The standard InChI is InChI=1S/C49H33NOS/c1-49(2)42-15-7-5-12-37(42)39-28-34(22-24-43(39)49)50(35-23-25-45-40(29-35)38-13-6-8-16-44(38)51-45)33-20-18-30(19-21-33)36-14-9-17-46-48(36)41-26-31-10-3-4-11-32(31)27-47(41)52-46/h3-29H,1-2H3. The summed E-state index contributed by atoms with van der Waals surface area (Å²) < 4.78 is 8.89. The molecule has 0 aliphatic heterocycles. The van der Waals surface area contributed by atoms with Gasteiger partial charge in [-0.1, -0.05) is 111 Å². The first-order valence-corrected chi connectivity index (χ1v) is 18.7. The van der Waals surface area contributed by atoms with Crippen LogP contribution >= 0.6 is 11.3 Å². The normalized spacial score (nSPS) is 13.3. The van der Waals surface area contributed by atoms with Gasteiger partial charge in [-0.15, -0.1) is 11.3 Å². The Labute approximate surface area is 305 Å². The molecule has 0 unspecified atom stereocenters. The van der Waals surface area contributed by atoms with Crippen LogP contribution in [0.2, 0.25) is 0 Å². The second-order valence-electron chi connectivity index (χ2n) is 14.5. The maximum Gasteiger partial charge on any atom is 0.135 e. The molecule has 0 amide bonds.